The fourth-order valence-corrected chi connectivity index (χ4v) is 3.50. The third-order valence-corrected chi connectivity index (χ3v) is 5.15. The molecule has 1 unspecified atom stereocenters. The largest absolute Gasteiger partial charge is 0.334 e. The zero-order valence-electron chi connectivity index (χ0n) is 15.8. The molecule has 0 spiro atoms. The Morgan fingerprint density at radius 3 is 2.85 bits per heavy atom. The molecule has 0 amide bonds. The van der Waals surface area contributed by atoms with Crippen LogP contribution in [-0.4, -0.2) is 36.9 Å². The van der Waals surface area contributed by atoms with Crippen LogP contribution < -0.4 is 9.62 Å². The lowest BCUT2D eigenvalue weighted by Gasteiger charge is -2.22. The van der Waals surface area contributed by atoms with Gasteiger partial charge in [0.15, 0.2) is 0 Å². The number of nitrogens with one attached hydrogen (secondary N) is 1. The van der Waals surface area contributed by atoms with Crippen molar-refractivity contribution in [3.8, 4) is 0 Å². The number of nitrogens with zero attached hydrogens (tertiary/aromatic N) is 4. The van der Waals surface area contributed by atoms with E-state index in [0.29, 0.717) is 6.54 Å². The standard InChI is InChI=1S/C19H25N5O2S/c1-4-15-10-14(6-5-9-22-27(25)26)7-8-17(15)24(3)19-11-18-16(12-20-19)21-13-23(18)2/h7-8,10-13,22H,4-6,9H2,1-3H3,(H,25,26). The molecule has 0 bridgehead atoms. The quantitative estimate of drug-likeness (QED) is 0.459. The monoisotopic (exact) mass is 387 g/mol. The third-order valence-electron chi connectivity index (χ3n) is 4.69. The van der Waals surface area contributed by atoms with Crippen molar-refractivity contribution in [2.45, 2.75) is 26.2 Å². The van der Waals surface area contributed by atoms with E-state index >= 15 is 0 Å². The van der Waals surface area contributed by atoms with Crippen LogP contribution in [0, 0.1) is 0 Å². The van der Waals surface area contributed by atoms with E-state index in [1.807, 2.05) is 18.7 Å². The molecule has 8 heteroatoms. The second-order valence-corrected chi connectivity index (χ2v) is 7.30. The van der Waals surface area contributed by atoms with E-state index in [0.717, 1.165) is 41.8 Å². The Morgan fingerprint density at radius 1 is 1.30 bits per heavy atom. The molecule has 2 N–H and O–H groups in total. The molecule has 3 aromatic rings. The Hall–Kier alpha value is -2.29. The maximum atomic E-state index is 10.6. The van der Waals surface area contributed by atoms with Gasteiger partial charge in [0, 0.05) is 32.4 Å². The maximum absolute atomic E-state index is 10.6. The van der Waals surface area contributed by atoms with Gasteiger partial charge in [0.2, 0.25) is 11.3 Å². The van der Waals surface area contributed by atoms with E-state index in [4.69, 9.17) is 4.55 Å². The van der Waals surface area contributed by atoms with Crippen molar-refractivity contribution in [2.75, 3.05) is 18.5 Å². The van der Waals surface area contributed by atoms with E-state index in [1.54, 1.807) is 12.5 Å². The highest BCUT2D eigenvalue weighted by atomic mass is 32.2. The van der Waals surface area contributed by atoms with Gasteiger partial charge in [-0.3, -0.25) is 4.55 Å². The number of imidazole rings is 1. The Labute approximate surface area is 161 Å². The average molecular weight is 388 g/mol. The summed E-state index contributed by atoms with van der Waals surface area (Å²) in [7, 11) is 4.01. The molecule has 3 rings (SSSR count). The highest BCUT2D eigenvalue weighted by Gasteiger charge is 2.12. The van der Waals surface area contributed by atoms with Crippen LogP contribution in [-0.2, 0) is 31.2 Å². The summed E-state index contributed by atoms with van der Waals surface area (Å²) in [5.41, 5.74) is 5.54. The lowest BCUT2D eigenvalue weighted by molar-refractivity contribution is 0.547. The summed E-state index contributed by atoms with van der Waals surface area (Å²) in [5.74, 6) is 0.878. The van der Waals surface area contributed by atoms with E-state index < -0.39 is 11.3 Å². The minimum atomic E-state index is -1.94. The van der Waals surface area contributed by atoms with Crippen LogP contribution >= 0.6 is 0 Å². The van der Waals surface area contributed by atoms with E-state index in [-0.39, 0.29) is 0 Å². The number of hydrogen-bond donors (Lipinski definition) is 2. The normalized spacial score (nSPS) is 12.4. The number of aryl methyl sites for hydroxylation is 3. The van der Waals surface area contributed by atoms with Gasteiger partial charge in [0.1, 0.15) is 11.3 Å². The van der Waals surface area contributed by atoms with Crippen LogP contribution in [0.2, 0.25) is 0 Å². The lowest BCUT2D eigenvalue weighted by Crippen LogP contribution is -2.18. The molecule has 0 fully saturated rings. The van der Waals surface area contributed by atoms with Crippen molar-refractivity contribution < 1.29 is 8.76 Å². The molecule has 2 aromatic heterocycles. The number of aromatic nitrogens is 3. The Bertz CT molecular complexity index is 956. The zero-order chi connectivity index (χ0) is 19.4. The summed E-state index contributed by atoms with van der Waals surface area (Å²) in [6.07, 6.45) is 6.19. The predicted molar refractivity (Wildman–Crippen MR) is 109 cm³/mol. The van der Waals surface area contributed by atoms with Crippen LogP contribution in [0.1, 0.15) is 24.5 Å². The minimum absolute atomic E-state index is 0.515. The van der Waals surface area contributed by atoms with Gasteiger partial charge >= 0.3 is 0 Å². The Balaban J connectivity index is 1.79. The number of pyridine rings is 1. The Kier molecular flexibility index (Phi) is 6.20. The number of hydrogen-bond acceptors (Lipinski definition) is 4. The van der Waals surface area contributed by atoms with Crippen LogP contribution in [0.4, 0.5) is 11.5 Å². The van der Waals surface area contributed by atoms with Crippen molar-refractivity contribution in [1.29, 1.82) is 0 Å². The highest BCUT2D eigenvalue weighted by Crippen LogP contribution is 2.29. The first-order valence-corrected chi connectivity index (χ1v) is 10.1. The first-order chi connectivity index (χ1) is 13.0. The predicted octanol–water partition coefficient (Wildman–Crippen LogP) is 2.96. The van der Waals surface area contributed by atoms with Crippen molar-refractivity contribution in [3.05, 3.63) is 47.9 Å². The van der Waals surface area contributed by atoms with E-state index in [1.165, 1.54) is 11.1 Å². The molecule has 1 aromatic carbocycles. The molecule has 1 atom stereocenters. The van der Waals surface area contributed by atoms with Crippen molar-refractivity contribution in [1.82, 2.24) is 19.3 Å². The Morgan fingerprint density at radius 2 is 2.11 bits per heavy atom. The minimum Gasteiger partial charge on any atom is -0.334 e. The third kappa shape index (κ3) is 4.52. The smallest absolute Gasteiger partial charge is 0.231 e. The average Bonchev–Trinajstić information content (AvgIpc) is 3.04. The second kappa shape index (κ2) is 8.60. The van der Waals surface area contributed by atoms with Crippen molar-refractivity contribution in [2.24, 2.45) is 7.05 Å². The fourth-order valence-electron chi connectivity index (χ4n) is 3.18. The summed E-state index contributed by atoms with van der Waals surface area (Å²) in [6, 6.07) is 8.51. The molecule has 0 radical (unpaired) electrons. The first kappa shape index (κ1) is 19.5. The summed E-state index contributed by atoms with van der Waals surface area (Å²) >= 11 is -1.94. The molecular formula is C19H25N5O2S. The van der Waals surface area contributed by atoms with Crippen LogP contribution in [0.3, 0.4) is 0 Å². The molecule has 0 aliphatic rings. The van der Waals surface area contributed by atoms with Gasteiger partial charge in [0.05, 0.1) is 18.0 Å². The number of benzene rings is 1. The molecule has 0 aliphatic carbocycles. The molecule has 0 aliphatic heterocycles. The topological polar surface area (TPSA) is 83.3 Å². The summed E-state index contributed by atoms with van der Waals surface area (Å²) < 4.78 is 23.9. The SMILES string of the molecule is CCc1cc(CCCNS(=O)O)ccc1N(C)c1cc2c(cn1)ncn2C. The summed E-state index contributed by atoms with van der Waals surface area (Å²) in [6.45, 7) is 2.66. The molecule has 144 valence electrons. The summed E-state index contributed by atoms with van der Waals surface area (Å²) in [5, 5.41) is 0. The van der Waals surface area contributed by atoms with Gasteiger partial charge in [-0.05, 0) is 36.5 Å². The maximum Gasteiger partial charge on any atom is 0.231 e. The van der Waals surface area contributed by atoms with Crippen LogP contribution in [0.15, 0.2) is 36.8 Å². The second-order valence-electron chi connectivity index (χ2n) is 6.51. The van der Waals surface area contributed by atoms with E-state index in [9.17, 15) is 4.21 Å². The zero-order valence-corrected chi connectivity index (χ0v) is 16.7. The molecule has 7 nitrogen and oxygen atoms in total. The number of anilines is 2. The van der Waals surface area contributed by atoms with Gasteiger partial charge in [-0.2, -0.15) is 0 Å². The van der Waals surface area contributed by atoms with Gasteiger partial charge < -0.3 is 9.47 Å². The van der Waals surface area contributed by atoms with Gasteiger partial charge in [-0.15, -0.1) is 0 Å². The van der Waals surface area contributed by atoms with Crippen molar-refractivity contribution >= 4 is 33.8 Å². The van der Waals surface area contributed by atoms with Gasteiger partial charge in [-0.1, -0.05) is 19.1 Å². The molecule has 2 heterocycles. The molecular weight excluding hydrogens is 362 g/mol. The fraction of sp³-hybridized carbons (Fsp3) is 0.368. The summed E-state index contributed by atoms with van der Waals surface area (Å²) in [4.78, 5) is 11.0. The van der Waals surface area contributed by atoms with Crippen LogP contribution in [0.5, 0.6) is 0 Å². The van der Waals surface area contributed by atoms with Gasteiger partial charge in [-0.25, -0.2) is 18.9 Å². The molecule has 0 saturated heterocycles. The lowest BCUT2D eigenvalue weighted by atomic mass is 10.0. The van der Waals surface area contributed by atoms with Gasteiger partial charge in [0.25, 0.3) is 0 Å². The number of fused-ring (bicyclic) bond motifs is 1. The first-order valence-electron chi connectivity index (χ1n) is 8.96. The van der Waals surface area contributed by atoms with Crippen LogP contribution in [0.25, 0.3) is 11.0 Å². The van der Waals surface area contributed by atoms with Crippen molar-refractivity contribution in [3.63, 3.8) is 0 Å². The molecule has 0 saturated carbocycles. The number of rotatable bonds is 8. The highest BCUT2D eigenvalue weighted by molar-refractivity contribution is 7.77. The van der Waals surface area contributed by atoms with E-state index in [2.05, 4.69) is 50.8 Å². The molecule has 27 heavy (non-hydrogen) atoms.